The fourth-order valence-electron chi connectivity index (χ4n) is 3.26. The molecule has 3 aliphatic rings. The number of piperidine rings is 3. The molecule has 3 heterocycles. The Labute approximate surface area is 125 Å². The number of carbonyl (C=O) groups excluding carboxylic acids is 1. The van der Waals surface area contributed by atoms with Gasteiger partial charge in [-0.25, -0.2) is 0 Å². The van der Waals surface area contributed by atoms with Crippen molar-refractivity contribution in [3.05, 3.63) is 24.3 Å². The van der Waals surface area contributed by atoms with Gasteiger partial charge in [-0.05, 0) is 56.1 Å². The normalized spacial score (nSPS) is 27.3. The van der Waals surface area contributed by atoms with Crippen molar-refractivity contribution in [2.24, 2.45) is 11.7 Å². The predicted octanol–water partition coefficient (Wildman–Crippen LogP) is 1.45. The van der Waals surface area contributed by atoms with Gasteiger partial charge >= 0.3 is 0 Å². The average molecular weight is 289 g/mol. The molecule has 0 aliphatic carbocycles. The first-order valence-electron chi connectivity index (χ1n) is 7.71. The highest BCUT2D eigenvalue weighted by Gasteiger charge is 2.33. The second kappa shape index (κ2) is 6.35. The molecular weight excluding hydrogens is 266 g/mol. The van der Waals surface area contributed by atoms with Crippen LogP contribution in [0.1, 0.15) is 19.3 Å². The van der Waals surface area contributed by atoms with Crippen LogP contribution in [0.25, 0.3) is 0 Å². The van der Waals surface area contributed by atoms with E-state index in [1.165, 1.54) is 25.9 Å². The highest BCUT2D eigenvalue weighted by molar-refractivity contribution is 5.73. The van der Waals surface area contributed by atoms with Gasteiger partial charge in [-0.2, -0.15) is 0 Å². The third kappa shape index (κ3) is 3.67. The van der Waals surface area contributed by atoms with E-state index in [0.717, 1.165) is 23.9 Å². The summed E-state index contributed by atoms with van der Waals surface area (Å²) < 4.78 is 5.47. The minimum absolute atomic E-state index is 0.250. The quantitative estimate of drug-likeness (QED) is 0.831. The molecule has 1 amide bonds. The number of fused-ring (bicyclic) bond motifs is 3. The van der Waals surface area contributed by atoms with Crippen molar-refractivity contribution < 1.29 is 9.53 Å². The number of carbonyl (C=O) groups is 1. The number of nitrogens with two attached hydrogens (primary N) is 1. The molecule has 0 saturated carbocycles. The maximum Gasteiger partial charge on any atom is 0.220 e. The summed E-state index contributed by atoms with van der Waals surface area (Å²) in [5, 5.41) is 3.64. The van der Waals surface area contributed by atoms with Crippen LogP contribution in [0.5, 0.6) is 5.75 Å². The largest absolute Gasteiger partial charge is 0.493 e. The lowest BCUT2D eigenvalue weighted by molar-refractivity contribution is -0.118. The Balaban J connectivity index is 1.51. The number of amides is 1. The highest BCUT2D eigenvalue weighted by Crippen LogP contribution is 2.30. The van der Waals surface area contributed by atoms with Gasteiger partial charge in [0, 0.05) is 18.3 Å². The lowest BCUT2D eigenvalue weighted by Gasteiger charge is -2.45. The number of nitrogens with zero attached hydrogens (tertiary/aromatic N) is 1. The van der Waals surface area contributed by atoms with Gasteiger partial charge in [0.1, 0.15) is 5.75 Å². The summed E-state index contributed by atoms with van der Waals surface area (Å²) in [6.07, 6.45) is 2.87. The van der Waals surface area contributed by atoms with Gasteiger partial charge in [0.15, 0.2) is 0 Å². The monoisotopic (exact) mass is 289 g/mol. The second-order valence-electron chi connectivity index (χ2n) is 5.98. The summed E-state index contributed by atoms with van der Waals surface area (Å²) in [6, 6.07) is 8.51. The van der Waals surface area contributed by atoms with Gasteiger partial charge < -0.3 is 20.7 Å². The molecular formula is C16H23N3O2. The lowest BCUT2D eigenvalue weighted by Crippen LogP contribution is -2.53. The van der Waals surface area contributed by atoms with Gasteiger partial charge in [0.25, 0.3) is 0 Å². The first-order valence-corrected chi connectivity index (χ1v) is 7.71. The van der Waals surface area contributed by atoms with Crippen LogP contribution in [0, 0.1) is 5.92 Å². The SMILES string of the molecule is NC(=O)CCOc1ccc(NC2CN3CCC2CC3)cc1. The molecule has 3 saturated heterocycles. The molecule has 3 aliphatic heterocycles. The van der Waals surface area contributed by atoms with Gasteiger partial charge in [-0.3, -0.25) is 4.79 Å². The van der Waals surface area contributed by atoms with Crippen LogP contribution >= 0.6 is 0 Å². The Hall–Kier alpha value is -1.75. The fourth-order valence-corrected chi connectivity index (χ4v) is 3.26. The topological polar surface area (TPSA) is 67.6 Å². The predicted molar refractivity (Wildman–Crippen MR) is 82.3 cm³/mol. The van der Waals surface area contributed by atoms with E-state index in [0.29, 0.717) is 12.6 Å². The summed E-state index contributed by atoms with van der Waals surface area (Å²) in [5.74, 6) is 1.24. The Kier molecular flexibility index (Phi) is 4.29. The Morgan fingerprint density at radius 2 is 2.00 bits per heavy atom. The first kappa shape index (κ1) is 14.2. The Morgan fingerprint density at radius 1 is 1.29 bits per heavy atom. The fraction of sp³-hybridized carbons (Fsp3) is 0.562. The van der Waals surface area contributed by atoms with Crippen molar-refractivity contribution in [1.82, 2.24) is 4.90 Å². The Morgan fingerprint density at radius 3 is 2.57 bits per heavy atom. The minimum atomic E-state index is -0.337. The van der Waals surface area contributed by atoms with Gasteiger partial charge in [-0.1, -0.05) is 0 Å². The van der Waals surface area contributed by atoms with Gasteiger partial charge in [0.2, 0.25) is 5.91 Å². The summed E-state index contributed by atoms with van der Waals surface area (Å²) >= 11 is 0. The van der Waals surface area contributed by atoms with Crippen LogP contribution < -0.4 is 15.8 Å². The molecule has 0 radical (unpaired) electrons. The lowest BCUT2D eigenvalue weighted by atomic mass is 9.84. The van der Waals surface area contributed by atoms with Crippen molar-refractivity contribution in [1.29, 1.82) is 0 Å². The molecule has 1 unspecified atom stereocenters. The minimum Gasteiger partial charge on any atom is -0.493 e. The van der Waals surface area contributed by atoms with Crippen LogP contribution in [0.3, 0.4) is 0 Å². The molecule has 114 valence electrons. The van der Waals surface area contributed by atoms with Crippen molar-refractivity contribution in [3.8, 4) is 5.75 Å². The number of nitrogens with one attached hydrogen (secondary N) is 1. The molecule has 0 spiro atoms. The maximum absolute atomic E-state index is 10.7. The van der Waals surface area contributed by atoms with E-state index in [1.54, 1.807) is 0 Å². The molecule has 21 heavy (non-hydrogen) atoms. The maximum atomic E-state index is 10.7. The second-order valence-corrected chi connectivity index (χ2v) is 5.98. The van der Waals surface area contributed by atoms with E-state index in [9.17, 15) is 4.79 Å². The van der Waals surface area contributed by atoms with E-state index >= 15 is 0 Å². The van der Waals surface area contributed by atoms with Crippen LogP contribution in [-0.2, 0) is 4.79 Å². The number of ether oxygens (including phenoxy) is 1. The van der Waals surface area contributed by atoms with E-state index in [1.807, 2.05) is 24.3 Å². The molecule has 1 aromatic carbocycles. The number of benzene rings is 1. The van der Waals surface area contributed by atoms with Crippen LogP contribution in [-0.4, -0.2) is 43.1 Å². The molecule has 1 atom stereocenters. The van der Waals surface area contributed by atoms with Crippen LogP contribution in [0.15, 0.2) is 24.3 Å². The van der Waals surface area contributed by atoms with Crippen molar-refractivity contribution in [3.63, 3.8) is 0 Å². The molecule has 1 aromatic rings. The molecule has 3 fully saturated rings. The third-order valence-electron chi connectivity index (χ3n) is 4.48. The number of primary amides is 1. The third-order valence-corrected chi connectivity index (χ3v) is 4.48. The number of rotatable bonds is 6. The molecule has 5 heteroatoms. The van der Waals surface area contributed by atoms with E-state index in [4.69, 9.17) is 10.5 Å². The Bertz CT molecular complexity index is 481. The summed E-state index contributed by atoms with van der Waals surface area (Å²) in [7, 11) is 0. The molecule has 5 nitrogen and oxygen atoms in total. The van der Waals surface area contributed by atoms with E-state index in [2.05, 4.69) is 10.2 Å². The summed E-state index contributed by atoms with van der Waals surface area (Å²) in [5.41, 5.74) is 6.22. The highest BCUT2D eigenvalue weighted by atomic mass is 16.5. The van der Waals surface area contributed by atoms with Gasteiger partial charge in [-0.15, -0.1) is 0 Å². The van der Waals surface area contributed by atoms with Crippen molar-refractivity contribution >= 4 is 11.6 Å². The summed E-state index contributed by atoms with van der Waals surface area (Å²) in [4.78, 5) is 13.2. The molecule has 4 rings (SSSR count). The number of hydrogen-bond donors (Lipinski definition) is 2. The van der Waals surface area contributed by atoms with E-state index in [-0.39, 0.29) is 12.3 Å². The van der Waals surface area contributed by atoms with Crippen molar-refractivity contribution in [2.45, 2.75) is 25.3 Å². The van der Waals surface area contributed by atoms with Crippen molar-refractivity contribution in [2.75, 3.05) is 31.6 Å². The molecule has 0 aromatic heterocycles. The zero-order valence-corrected chi connectivity index (χ0v) is 12.3. The van der Waals surface area contributed by atoms with Gasteiger partial charge in [0.05, 0.1) is 13.0 Å². The van der Waals surface area contributed by atoms with E-state index < -0.39 is 0 Å². The number of anilines is 1. The zero-order valence-electron chi connectivity index (χ0n) is 12.3. The van der Waals surface area contributed by atoms with Crippen LogP contribution in [0.4, 0.5) is 5.69 Å². The average Bonchev–Trinajstić information content (AvgIpc) is 2.50. The smallest absolute Gasteiger partial charge is 0.220 e. The summed E-state index contributed by atoms with van der Waals surface area (Å²) in [6.45, 7) is 4.01. The first-order chi connectivity index (χ1) is 10.2. The molecule has 2 bridgehead atoms. The molecule has 3 N–H and O–H groups in total. The zero-order chi connectivity index (χ0) is 14.7. The van der Waals surface area contributed by atoms with Crippen LogP contribution in [0.2, 0.25) is 0 Å². The number of hydrogen-bond acceptors (Lipinski definition) is 4. The standard InChI is InChI=1S/C16H23N3O2/c17-16(20)7-10-21-14-3-1-13(2-4-14)18-15-11-19-8-5-12(15)6-9-19/h1-4,12,15,18H,5-11H2,(H2,17,20).